The van der Waals surface area contributed by atoms with E-state index in [0.29, 0.717) is 18.2 Å². The van der Waals surface area contributed by atoms with Crippen molar-refractivity contribution in [2.45, 2.75) is 13.5 Å². The first kappa shape index (κ1) is 10.8. The molecule has 16 heavy (non-hydrogen) atoms. The maximum absolute atomic E-state index is 11.8. The van der Waals surface area contributed by atoms with Gasteiger partial charge in [0.1, 0.15) is 5.01 Å². The van der Waals surface area contributed by atoms with Gasteiger partial charge in [0.05, 0.1) is 13.7 Å². The lowest BCUT2D eigenvalue weighted by atomic mass is 10.4. The molecule has 0 N–H and O–H groups in total. The van der Waals surface area contributed by atoms with Crippen LogP contribution in [0.5, 0.6) is 6.01 Å². The fraction of sp³-hybridized carbons (Fsp3) is 0.300. The first-order chi connectivity index (χ1) is 7.70. The number of aromatic nitrogens is 3. The van der Waals surface area contributed by atoms with Crippen LogP contribution in [0.4, 0.5) is 0 Å². The lowest BCUT2D eigenvalue weighted by molar-refractivity contribution is 0.349. The Morgan fingerprint density at radius 3 is 3.00 bits per heavy atom. The van der Waals surface area contributed by atoms with Gasteiger partial charge in [-0.3, -0.25) is 9.36 Å². The first-order valence-corrected chi connectivity index (χ1v) is 5.59. The molecule has 0 spiro atoms. The Hall–Kier alpha value is -1.69. The molecule has 0 amide bonds. The van der Waals surface area contributed by atoms with Gasteiger partial charge in [0.2, 0.25) is 0 Å². The molecule has 0 atom stereocenters. The molecule has 0 unspecified atom stereocenters. The van der Waals surface area contributed by atoms with E-state index >= 15 is 0 Å². The summed E-state index contributed by atoms with van der Waals surface area (Å²) in [5.41, 5.74) is 0.525. The fourth-order valence-corrected chi connectivity index (χ4v) is 1.97. The summed E-state index contributed by atoms with van der Waals surface area (Å²) in [6.45, 7) is 2.16. The first-order valence-electron chi connectivity index (χ1n) is 4.71. The second-order valence-corrected chi connectivity index (χ2v) is 4.21. The van der Waals surface area contributed by atoms with Gasteiger partial charge in [-0.1, -0.05) is 0 Å². The van der Waals surface area contributed by atoms with Gasteiger partial charge in [0.25, 0.3) is 11.6 Å². The quantitative estimate of drug-likeness (QED) is 0.801. The van der Waals surface area contributed by atoms with Gasteiger partial charge >= 0.3 is 0 Å². The number of hydrogen-bond acceptors (Lipinski definition) is 5. The number of methoxy groups -OCH3 is 1. The van der Waals surface area contributed by atoms with Crippen molar-refractivity contribution in [3.05, 3.63) is 38.7 Å². The van der Waals surface area contributed by atoms with Crippen LogP contribution in [0, 0.1) is 6.92 Å². The third kappa shape index (κ3) is 2.11. The van der Waals surface area contributed by atoms with Crippen LogP contribution in [0.15, 0.2) is 22.4 Å². The predicted octanol–water partition coefficient (Wildman–Crippen LogP) is 1.07. The normalized spacial score (nSPS) is 10.4. The summed E-state index contributed by atoms with van der Waals surface area (Å²) >= 11 is 1.50. The van der Waals surface area contributed by atoms with Crippen molar-refractivity contribution in [3.63, 3.8) is 0 Å². The molecular formula is C10H11N3O2S. The van der Waals surface area contributed by atoms with Gasteiger partial charge in [0, 0.05) is 23.3 Å². The minimum Gasteiger partial charge on any atom is -0.468 e. The average molecular weight is 237 g/mol. The van der Waals surface area contributed by atoms with E-state index in [4.69, 9.17) is 4.74 Å². The Bertz CT molecular complexity index is 533. The van der Waals surface area contributed by atoms with Crippen LogP contribution in [0.1, 0.15) is 10.7 Å². The number of thiazole rings is 1. The molecule has 5 nitrogen and oxygen atoms in total. The monoisotopic (exact) mass is 237 g/mol. The van der Waals surface area contributed by atoms with Crippen molar-refractivity contribution in [2.24, 2.45) is 0 Å². The second kappa shape index (κ2) is 4.44. The summed E-state index contributed by atoms with van der Waals surface area (Å²) in [4.78, 5) is 20.0. The number of nitrogens with zero attached hydrogens (tertiary/aromatic N) is 3. The van der Waals surface area contributed by atoms with Gasteiger partial charge in [-0.2, -0.15) is 0 Å². The van der Waals surface area contributed by atoms with Crippen LogP contribution in [-0.2, 0) is 6.54 Å². The highest BCUT2D eigenvalue weighted by atomic mass is 32.1. The van der Waals surface area contributed by atoms with Crippen molar-refractivity contribution in [1.29, 1.82) is 0 Å². The zero-order chi connectivity index (χ0) is 11.5. The molecule has 0 radical (unpaired) electrons. The van der Waals surface area contributed by atoms with E-state index in [1.165, 1.54) is 29.1 Å². The number of ether oxygens (including phenoxy) is 1. The smallest absolute Gasteiger partial charge is 0.299 e. The Kier molecular flexibility index (Phi) is 3.00. The van der Waals surface area contributed by atoms with Crippen molar-refractivity contribution in [1.82, 2.24) is 14.5 Å². The maximum Gasteiger partial charge on any atom is 0.299 e. The number of hydrogen-bond donors (Lipinski definition) is 0. The van der Waals surface area contributed by atoms with Crippen molar-refractivity contribution in [2.75, 3.05) is 7.11 Å². The molecule has 2 aromatic rings. The predicted molar refractivity (Wildman–Crippen MR) is 61.0 cm³/mol. The summed E-state index contributed by atoms with van der Waals surface area (Å²) in [5, 5.41) is 2.72. The highest BCUT2D eigenvalue weighted by molar-refractivity contribution is 7.09. The molecule has 0 bridgehead atoms. The molecule has 0 aliphatic rings. The molecule has 6 heteroatoms. The molecule has 0 aromatic carbocycles. The Balaban J connectivity index is 2.43. The van der Waals surface area contributed by atoms with E-state index in [1.807, 2.05) is 5.38 Å². The highest BCUT2D eigenvalue weighted by Crippen LogP contribution is 2.10. The summed E-state index contributed by atoms with van der Waals surface area (Å²) in [5.74, 6) is 0. The van der Waals surface area contributed by atoms with E-state index in [2.05, 4.69) is 9.97 Å². The Labute approximate surface area is 96.4 Å². The van der Waals surface area contributed by atoms with E-state index < -0.39 is 0 Å². The topological polar surface area (TPSA) is 57.0 Å². The third-order valence-corrected chi connectivity index (χ3v) is 2.83. The summed E-state index contributed by atoms with van der Waals surface area (Å²) < 4.78 is 6.55. The van der Waals surface area contributed by atoms with E-state index in [-0.39, 0.29) is 5.56 Å². The van der Waals surface area contributed by atoms with Crippen molar-refractivity contribution >= 4 is 11.3 Å². The van der Waals surface area contributed by atoms with Gasteiger partial charge < -0.3 is 4.74 Å². The van der Waals surface area contributed by atoms with Crippen LogP contribution in [0.2, 0.25) is 0 Å². The molecule has 2 aromatic heterocycles. The zero-order valence-corrected chi connectivity index (χ0v) is 9.82. The van der Waals surface area contributed by atoms with Crippen molar-refractivity contribution in [3.8, 4) is 6.01 Å². The van der Waals surface area contributed by atoms with Gasteiger partial charge in [-0.15, -0.1) is 11.3 Å². The molecule has 0 aliphatic heterocycles. The molecule has 84 valence electrons. The fourth-order valence-electron chi connectivity index (χ4n) is 1.36. The Morgan fingerprint density at radius 1 is 1.56 bits per heavy atom. The van der Waals surface area contributed by atoms with Gasteiger partial charge in [-0.25, -0.2) is 9.97 Å². The van der Waals surface area contributed by atoms with Crippen LogP contribution in [0.3, 0.4) is 0 Å². The summed E-state index contributed by atoms with van der Waals surface area (Å²) in [7, 11) is 1.50. The molecule has 0 fully saturated rings. The van der Waals surface area contributed by atoms with E-state index in [0.717, 1.165) is 5.01 Å². The minimum atomic E-state index is -0.125. The summed E-state index contributed by atoms with van der Waals surface area (Å²) in [6, 6.07) is 1.80. The highest BCUT2D eigenvalue weighted by Gasteiger charge is 2.08. The van der Waals surface area contributed by atoms with Crippen LogP contribution < -0.4 is 10.3 Å². The standard InChI is InChI=1S/C10H11N3O2S/c1-7-5-9(14)13(10(12-7)15-2)6-8-11-3-4-16-8/h3-5H,6H2,1-2H3. The Morgan fingerprint density at radius 2 is 2.38 bits per heavy atom. The molecule has 0 saturated carbocycles. The molecule has 0 saturated heterocycles. The van der Waals surface area contributed by atoms with E-state index in [1.54, 1.807) is 13.1 Å². The average Bonchev–Trinajstić information content (AvgIpc) is 2.74. The van der Waals surface area contributed by atoms with Crippen molar-refractivity contribution < 1.29 is 4.74 Å². The van der Waals surface area contributed by atoms with E-state index in [9.17, 15) is 4.79 Å². The zero-order valence-electron chi connectivity index (χ0n) is 9.01. The number of aryl methyl sites for hydroxylation is 1. The number of rotatable bonds is 3. The third-order valence-electron chi connectivity index (χ3n) is 2.06. The largest absolute Gasteiger partial charge is 0.468 e. The minimum absolute atomic E-state index is 0.125. The SMILES string of the molecule is COc1nc(C)cc(=O)n1Cc1nccs1. The second-order valence-electron chi connectivity index (χ2n) is 3.23. The van der Waals surface area contributed by atoms with Crippen LogP contribution in [-0.4, -0.2) is 21.6 Å². The molecule has 2 heterocycles. The van der Waals surface area contributed by atoms with Crippen LogP contribution >= 0.6 is 11.3 Å². The maximum atomic E-state index is 11.8. The lowest BCUT2D eigenvalue weighted by Crippen LogP contribution is -2.23. The molecular weight excluding hydrogens is 226 g/mol. The lowest BCUT2D eigenvalue weighted by Gasteiger charge is -2.08. The molecule has 0 aliphatic carbocycles. The van der Waals surface area contributed by atoms with Crippen LogP contribution in [0.25, 0.3) is 0 Å². The van der Waals surface area contributed by atoms with Gasteiger partial charge in [0.15, 0.2) is 0 Å². The molecule has 2 rings (SSSR count). The van der Waals surface area contributed by atoms with Gasteiger partial charge in [-0.05, 0) is 6.92 Å². The summed E-state index contributed by atoms with van der Waals surface area (Å²) in [6.07, 6.45) is 1.71.